The molecule has 19 nitrogen and oxygen atoms in total. The maximum Gasteiger partial charge on any atom is 0.251 e. The topological polar surface area (TPSA) is 249 Å². The quantitative estimate of drug-likeness (QED) is 0.0968. The number of likely N-dealkylation sites (N-methyl/N-ethyl adjacent to an activating group) is 2. The fourth-order valence-electron chi connectivity index (χ4n) is 11.2. The Morgan fingerprint density at radius 2 is 0.949 bits per heavy atom. The van der Waals surface area contributed by atoms with E-state index in [-0.39, 0.29) is 78.5 Å². The molecule has 2 saturated heterocycles. The third kappa shape index (κ3) is 13.7. The number of methoxy groups -OCH3 is 1. The minimum Gasteiger partial charge on any atom is -0.497 e. The van der Waals surface area contributed by atoms with Crippen molar-refractivity contribution in [1.29, 1.82) is 0 Å². The van der Waals surface area contributed by atoms with Crippen LogP contribution in [-0.2, 0) is 41.6 Å². The summed E-state index contributed by atoms with van der Waals surface area (Å²) in [5.41, 5.74) is 2.96. The molecule has 10 atom stereocenters. The van der Waals surface area contributed by atoms with Crippen LogP contribution < -0.4 is 47.3 Å². The Morgan fingerprint density at radius 1 is 0.564 bits per heavy atom. The minimum atomic E-state index is -1.02. The highest BCUT2D eigenvalue weighted by Gasteiger charge is 2.48. The molecule has 2 aliphatic carbocycles. The first-order chi connectivity index (χ1) is 36.9. The highest BCUT2D eigenvalue weighted by atomic mass is 16.5. The summed E-state index contributed by atoms with van der Waals surface area (Å²) in [6, 6.07) is 13.1. The summed E-state index contributed by atoms with van der Waals surface area (Å²) < 4.78 is 5.60. The zero-order valence-corrected chi connectivity index (χ0v) is 47.3. The van der Waals surface area contributed by atoms with Crippen LogP contribution in [0, 0.1) is 10.8 Å². The van der Waals surface area contributed by atoms with Gasteiger partial charge in [0.2, 0.25) is 35.4 Å². The van der Waals surface area contributed by atoms with Crippen molar-refractivity contribution in [3.63, 3.8) is 0 Å². The van der Waals surface area contributed by atoms with Gasteiger partial charge in [0.05, 0.1) is 31.3 Å². The first-order valence-corrected chi connectivity index (χ1v) is 27.6. The van der Waals surface area contributed by atoms with Crippen LogP contribution in [0.15, 0.2) is 66.7 Å². The fraction of sp³-hybridized carbons (Fsp3) is 0.559. The van der Waals surface area contributed by atoms with Gasteiger partial charge in [-0.3, -0.25) is 38.4 Å². The lowest BCUT2D eigenvalue weighted by Gasteiger charge is -2.36. The van der Waals surface area contributed by atoms with Crippen LogP contribution in [0.25, 0.3) is 0 Å². The van der Waals surface area contributed by atoms with Crippen molar-refractivity contribution in [3.8, 4) is 5.75 Å². The van der Waals surface area contributed by atoms with E-state index in [1.165, 1.54) is 35.1 Å². The van der Waals surface area contributed by atoms with Gasteiger partial charge in [0.15, 0.2) is 0 Å². The van der Waals surface area contributed by atoms with Crippen LogP contribution in [0.3, 0.4) is 0 Å². The van der Waals surface area contributed by atoms with E-state index in [4.69, 9.17) is 4.74 Å². The number of amides is 8. The summed E-state index contributed by atoms with van der Waals surface area (Å²) in [6.07, 6.45) is 5.10. The molecule has 78 heavy (non-hydrogen) atoms. The molecule has 3 aromatic rings. The van der Waals surface area contributed by atoms with Gasteiger partial charge in [-0.1, -0.05) is 90.1 Å². The lowest BCUT2D eigenvalue weighted by Crippen LogP contribution is -2.59. The zero-order valence-electron chi connectivity index (χ0n) is 47.3. The van der Waals surface area contributed by atoms with E-state index in [0.717, 1.165) is 60.8 Å². The van der Waals surface area contributed by atoms with Gasteiger partial charge in [-0.25, -0.2) is 0 Å². The van der Waals surface area contributed by atoms with Crippen molar-refractivity contribution in [3.05, 3.63) is 100 Å². The molecule has 0 unspecified atom stereocenters. The fourth-order valence-corrected chi connectivity index (χ4v) is 11.2. The van der Waals surface area contributed by atoms with E-state index in [2.05, 4.69) is 54.7 Å². The van der Waals surface area contributed by atoms with E-state index < -0.39 is 82.8 Å². The van der Waals surface area contributed by atoms with Crippen LogP contribution in [0.2, 0.25) is 0 Å². The summed E-state index contributed by atoms with van der Waals surface area (Å²) in [5.74, 6) is -3.42. The van der Waals surface area contributed by atoms with E-state index in [1.54, 1.807) is 27.9 Å². The van der Waals surface area contributed by atoms with Gasteiger partial charge in [0.1, 0.15) is 29.9 Å². The van der Waals surface area contributed by atoms with E-state index in [9.17, 15) is 38.4 Å². The number of nitrogens with zero attached hydrogens (tertiary/aromatic N) is 2. The third-order valence-corrected chi connectivity index (χ3v) is 15.9. The first-order valence-electron chi connectivity index (χ1n) is 27.6. The average Bonchev–Trinajstić information content (AvgIpc) is 4.05. The van der Waals surface area contributed by atoms with Gasteiger partial charge >= 0.3 is 0 Å². The Kier molecular flexibility index (Phi) is 18.7. The van der Waals surface area contributed by atoms with E-state index in [0.29, 0.717) is 0 Å². The second kappa shape index (κ2) is 24.9. The molecule has 8 N–H and O–H groups in total. The van der Waals surface area contributed by atoms with Gasteiger partial charge in [-0.05, 0) is 131 Å². The standard InChI is InChI=1S/C59H82N10O9/c1-33(60-9)50(70)66-48(58(3,4)5)56(76)68-31-39(29-46(68)54(74)64-44-24-16-20-35-18-12-14-22-42(35)44)62-52(72)37-26-38(28-41(27-37)78-11)53(73)63-40-30-47(55(75)65-45-25-17-21-36-19-13-15-23-43(36)45)69(32-40)57(77)49(59(6,7)8)67-51(71)34(2)61-10/h12-15,18-19,22-23,26-28,33-34,39-40,44-49,60-61H,16-17,20-21,24-25,29-32H2,1-11H3,(H,62,72)(H,63,73)(H,64,74)(H,65,75)(H,66,70)(H,67,71)/t33-,34-,39-,40-,44+,45+,46-,47-,48+,49+/m0/s1. The summed E-state index contributed by atoms with van der Waals surface area (Å²) in [4.78, 5) is 117. The summed E-state index contributed by atoms with van der Waals surface area (Å²) in [5, 5.41) is 24.1. The van der Waals surface area contributed by atoms with E-state index in [1.807, 2.05) is 77.9 Å². The summed E-state index contributed by atoms with van der Waals surface area (Å²) in [6.45, 7) is 14.3. The molecule has 0 aromatic heterocycles. The van der Waals surface area contributed by atoms with Crippen molar-refractivity contribution >= 4 is 47.3 Å². The Balaban J connectivity index is 1.12. The average molecular weight is 1080 g/mol. The maximum atomic E-state index is 14.8. The molecule has 422 valence electrons. The number of likely N-dealkylation sites (tertiary alicyclic amines) is 2. The molecule has 2 fully saturated rings. The smallest absolute Gasteiger partial charge is 0.251 e. The maximum absolute atomic E-state index is 14.8. The summed E-state index contributed by atoms with van der Waals surface area (Å²) in [7, 11) is 4.70. The lowest BCUT2D eigenvalue weighted by atomic mass is 9.85. The predicted molar refractivity (Wildman–Crippen MR) is 296 cm³/mol. The normalized spacial score (nSPS) is 22.6. The lowest BCUT2D eigenvalue weighted by molar-refractivity contribution is -0.144. The molecule has 3 aromatic carbocycles. The molecule has 2 heterocycles. The van der Waals surface area contributed by atoms with Gasteiger partial charge in [0.25, 0.3) is 11.8 Å². The second-order valence-corrected chi connectivity index (χ2v) is 23.7. The number of carbonyl (C=O) groups is 8. The first kappa shape index (κ1) is 58.8. The Morgan fingerprint density at radius 3 is 1.31 bits per heavy atom. The SMILES string of the molecule is CN[C@@H](C)C(=O)N[C@H](C(=O)N1C[C@@H](NC(=O)c2cc(OC)cc(C(=O)N[C@H]3C[C@@H](C(=O)N[C@@H]4CCCc5ccccc54)N(C(=O)[C@@H](NC(=O)[C@H](C)NC)C(C)(C)C)C3)c2)C[C@H]1C(=O)N[C@@H]1CCCc2ccccc21)C(C)(C)C. The van der Waals surface area contributed by atoms with Crippen LogP contribution in [-0.4, -0.2) is 140 Å². The number of ether oxygens (including phenoxy) is 1. The molecular formula is C59H82N10O9. The van der Waals surface area contributed by atoms with Gasteiger partial charge in [-0.2, -0.15) is 0 Å². The minimum absolute atomic E-state index is 0.0432. The van der Waals surface area contributed by atoms with Crippen molar-refractivity contribution in [2.75, 3.05) is 34.3 Å². The van der Waals surface area contributed by atoms with Crippen LogP contribution in [0.1, 0.15) is 149 Å². The second-order valence-electron chi connectivity index (χ2n) is 23.7. The number of hydrogen-bond acceptors (Lipinski definition) is 11. The van der Waals surface area contributed by atoms with Crippen LogP contribution in [0.5, 0.6) is 5.75 Å². The van der Waals surface area contributed by atoms with Gasteiger partial charge < -0.3 is 57.1 Å². The molecule has 4 aliphatic rings. The van der Waals surface area contributed by atoms with Crippen molar-refractivity contribution in [2.45, 2.75) is 167 Å². The molecule has 0 saturated carbocycles. The van der Waals surface area contributed by atoms with Crippen molar-refractivity contribution in [2.24, 2.45) is 10.8 Å². The largest absolute Gasteiger partial charge is 0.497 e. The Labute approximate surface area is 459 Å². The third-order valence-electron chi connectivity index (χ3n) is 15.9. The number of hydrogen-bond donors (Lipinski definition) is 8. The molecule has 8 amide bonds. The Bertz CT molecular complexity index is 2560. The highest BCUT2D eigenvalue weighted by Crippen LogP contribution is 2.34. The molecule has 2 aliphatic heterocycles. The zero-order chi connectivity index (χ0) is 56.8. The number of aryl methyl sites for hydroxylation is 2. The van der Waals surface area contributed by atoms with Gasteiger partial charge in [-0.15, -0.1) is 0 Å². The predicted octanol–water partition coefficient (Wildman–Crippen LogP) is 3.76. The number of rotatable bonds is 17. The summed E-state index contributed by atoms with van der Waals surface area (Å²) >= 11 is 0. The van der Waals surface area contributed by atoms with Crippen LogP contribution in [0.4, 0.5) is 0 Å². The number of benzene rings is 3. The molecule has 19 heteroatoms. The molecule has 0 spiro atoms. The van der Waals surface area contributed by atoms with Crippen molar-refractivity contribution in [1.82, 2.24) is 52.3 Å². The van der Waals surface area contributed by atoms with Gasteiger partial charge in [0, 0.05) is 36.3 Å². The van der Waals surface area contributed by atoms with Crippen molar-refractivity contribution < 1.29 is 43.1 Å². The molecule has 0 bridgehead atoms. The number of nitrogens with one attached hydrogen (secondary N) is 8. The van der Waals surface area contributed by atoms with Crippen LogP contribution >= 0.6 is 0 Å². The molecule has 7 rings (SSSR count). The monoisotopic (exact) mass is 1070 g/mol. The highest BCUT2D eigenvalue weighted by molar-refractivity contribution is 6.01. The number of fused-ring (bicyclic) bond motifs is 2. The van der Waals surface area contributed by atoms with E-state index >= 15 is 0 Å². The molecular weight excluding hydrogens is 993 g/mol. The number of carbonyl (C=O) groups excluding carboxylic acids is 8. The molecule has 0 radical (unpaired) electrons. The Hall–Kier alpha value is -6.86.